The minimum absolute atomic E-state index is 0.0292. The Morgan fingerprint density at radius 1 is 1.00 bits per heavy atom. The van der Waals surface area contributed by atoms with Crippen LogP contribution in [0.4, 0.5) is 0 Å². The summed E-state index contributed by atoms with van der Waals surface area (Å²) in [6.45, 7) is 18.8. The van der Waals surface area contributed by atoms with E-state index in [0.29, 0.717) is 10.8 Å². The second-order valence-electron chi connectivity index (χ2n) is 13.0. The van der Waals surface area contributed by atoms with Gasteiger partial charge in [-0.3, -0.25) is 4.79 Å². The summed E-state index contributed by atoms with van der Waals surface area (Å²) in [5.41, 5.74) is 2.77. The van der Waals surface area contributed by atoms with E-state index in [4.69, 9.17) is 4.74 Å². The van der Waals surface area contributed by atoms with Crippen LogP contribution in [0.3, 0.4) is 0 Å². The Balaban J connectivity index is 1.66. The van der Waals surface area contributed by atoms with Crippen LogP contribution in [-0.4, -0.2) is 12.1 Å². The number of carbonyl (C=O) groups excluding carboxylic acids is 1. The third-order valence-corrected chi connectivity index (χ3v) is 10.2. The van der Waals surface area contributed by atoms with Gasteiger partial charge in [0.15, 0.2) is 0 Å². The highest BCUT2D eigenvalue weighted by Gasteiger charge is 2.62. The summed E-state index contributed by atoms with van der Waals surface area (Å²) in [6, 6.07) is 0. The summed E-state index contributed by atoms with van der Waals surface area (Å²) in [6.07, 6.45) is 11.7. The molecule has 0 aromatic carbocycles. The minimum atomic E-state index is -0.131. The molecule has 0 aliphatic heterocycles. The van der Waals surface area contributed by atoms with Crippen LogP contribution in [0.1, 0.15) is 100 Å². The fourth-order valence-corrected chi connectivity index (χ4v) is 9.21. The minimum Gasteiger partial charge on any atom is -0.462 e. The first-order chi connectivity index (χ1) is 13.3. The van der Waals surface area contributed by atoms with Crippen LogP contribution in [-0.2, 0) is 9.53 Å². The SMILES string of the molecule is CC(=O)OC1CCC2(C)C(=CCC3C2CCC2(C)C3CCC2C(C)(C)C)C1(C)C. The molecule has 3 fully saturated rings. The zero-order valence-electron chi connectivity index (χ0n) is 20.2. The van der Waals surface area contributed by atoms with Gasteiger partial charge in [-0.2, -0.15) is 0 Å². The third kappa shape index (κ3) is 3.06. The maximum atomic E-state index is 11.7. The molecule has 7 atom stereocenters. The molecular weight excluding hydrogens is 356 g/mol. The fourth-order valence-electron chi connectivity index (χ4n) is 9.21. The predicted molar refractivity (Wildman–Crippen MR) is 119 cm³/mol. The van der Waals surface area contributed by atoms with E-state index in [1.165, 1.54) is 38.5 Å². The van der Waals surface area contributed by atoms with Crippen LogP contribution in [0.2, 0.25) is 0 Å². The summed E-state index contributed by atoms with van der Waals surface area (Å²) in [5, 5.41) is 0. The molecule has 0 amide bonds. The molecule has 2 nitrogen and oxygen atoms in total. The molecular formula is C27H44O2. The summed E-state index contributed by atoms with van der Waals surface area (Å²) in [5.74, 6) is 3.26. The Labute approximate surface area is 179 Å². The van der Waals surface area contributed by atoms with Crippen LogP contribution in [0.15, 0.2) is 11.6 Å². The van der Waals surface area contributed by atoms with Gasteiger partial charge < -0.3 is 4.74 Å². The van der Waals surface area contributed by atoms with Crippen LogP contribution in [0, 0.1) is 45.3 Å². The number of rotatable bonds is 1. The molecule has 3 saturated carbocycles. The molecule has 0 aromatic heterocycles. The highest BCUT2D eigenvalue weighted by molar-refractivity contribution is 5.66. The van der Waals surface area contributed by atoms with Gasteiger partial charge in [-0.25, -0.2) is 0 Å². The lowest BCUT2D eigenvalue weighted by atomic mass is 9.44. The van der Waals surface area contributed by atoms with E-state index in [2.05, 4.69) is 54.5 Å². The lowest BCUT2D eigenvalue weighted by Crippen LogP contribution is -2.55. The van der Waals surface area contributed by atoms with Crippen LogP contribution in [0.25, 0.3) is 0 Å². The summed E-state index contributed by atoms with van der Waals surface area (Å²) < 4.78 is 5.79. The number of allylic oxidation sites excluding steroid dienone is 1. The molecule has 164 valence electrons. The Hall–Kier alpha value is -0.790. The topological polar surface area (TPSA) is 26.3 Å². The summed E-state index contributed by atoms with van der Waals surface area (Å²) >= 11 is 0. The van der Waals surface area contributed by atoms with E-state index < -0.39 is 0 Å². The van der Waals surface area contributed by atoms with E-state index in [1.54, 1.807) is 12.5 Å². The van der Waals surface area contributed by atoms with Gasteiger partial charge in [0.25, 0.3) is 0 Å². The molecule has 2 heteroatoms. The third-order valence-electron chi connectivity index (χ3n) is 10.2. The molecule has 0 aromatic rings. The van der Waals surface area contributed by atoms with E-state index in [0.717, 1.165) is 30.1 Å². The maximum Gasteiger partial charge on any atom is 0.302 e. The standard InChI is InChI=1S/C27H44O2/c1-17(28)29-23-14-16-27(8)20-13-15-26(7)19(10-12-21(26)24(2,3)4)18(20)9-11-22(27)25(23,5)6/h11,18-21,23H,9-10,12-16H2,1-8H3. The van der Waals surface area contributed by atoms with Crippen molar-refractivity contribution in [3.8, 4) is 0 Å². The van der Waals surface area contributed by atoms with Crippen LogP contribution in [0.5, 0.6) is 0 Å². The first-order valence-corrected chi connectivity index (χ1v) is 12.2. The quantitative estimate of drug-likeness (QED) is 0.344. The second-order valence-corrected chi connectivity index (χ2v) is 13.0. The second kappa shape index (κ2) is 6.60. The van der Waals surface area contributed by atoms with Gasteiger partial charge in [0.2, 0.25) is 0 Å². The van der Waals surface area contributed by atoms with Gasteiger partial charge >= 0.3 is 5.97 Å². The van der Waals surface area contributed by atoms with Gasteiger partial charge in [0, 0.05) is 12.3 Å². The molecule has 4 aliphatic rings. The highest BCUT2D eigenvalue weighted by Crippen LogP contribution is 2.69. The van der Waals surface area contributed by atoms with Crippen molar-refractivity contribution < 1.29 is 9.53 Å². The van der Waals surface area contributed by atoms with Crippen molar-refractivity contribution in [1.29, 1.82) is 0 Å². The van der Waals surface area contributed by atoms with Gasteiger partial charge in [0.1, 0.15) is 6.10 Å². The Morgan fingerprint density at radius 3 is 2.31 bits per heavy atom. The Bertz CT molecular complexity index is 711. The van der Waals surface area contributed by atoms with Gasteiger partial charge in [-0.05, 0) is 84.9 Å². The molecule has 0 N–H and O–H groups in total. The number of hydrogen-bond donors (Lipinski definition) is 0. The Morgan fingerprint density at radius 2 is 1.69 bits per heavy atom. The smallest absolute Gasteiger partial charge is 0.302 e. The average Bonchev–Trinajstić information content (AvgIpc) is 2.95. The van der Waals surface area contributed by atoms with Crippen molar-refractivity contribution in [3.05, 3.63) is 11.6 Å². The molecule has 4 aliphatic carbocycles. The van der Waals surface area contributed by atoms with E-state index in [1.807, 2.05) is 0 Å². The van der Waals surface area contributed by atoms with E-state index >= 15 is 0 Å². The van der Waals surface area contributed by atoms with Crippen molar-refractivity contribution in [2.75, 3.05) is 0 Å². The van der Waals surface area contributed by atoms with Gasteiger partial charge in [0.05, 0.1) is 0 Å². The molecule has 29 heavy (non-hydrogen) atoms. The maximum absolute atomic E-state index is 11.7. The molecule has 0 radical (unpaired) electrons. The molecule has 7 unspecified atom stereocenters. The van der Waals surface area contributed by atoms with Crippen LogP contribution >= 0.6 is 0 Å². The van der Waals surface area contributed by atoms with E-state index in [9.17, 15) is 4.79 Å². The number of hydrogen-bond acceptors (Lipinski definition) is 2. The van der Waals surface area contributed by atoms with Crippen molar-refractivity contribution in [2.24, 2.45) is 45.3 Å². The predicted octanol–water partition coefficient (Wildman–Crippen LogP) is 7.18. The fraction of sp³-hybridized carbons (Fsp3) is 0.889. The zero-order valence-corrected chi connectivity index (χ0v) is 20.2. The molecule has 0 saturated heterocycles. The summed E-state index contributed by atoms with van der Waals surface area (Å²) in [7, 11) is 0. The monoisotopic (exact) mass is 400 g/mol. The lowest BCUT2D eigenvalue weighted by molar-refractivity contribution is -0.157. The first-order valence-electron chi connectivity index (χ1n) is 12.2. The molecule has 0 spiro atoms. The molecule has 0 bridgehead atoms. The number of ether oxygens (including phenoxy) is 1. The number of fused-ring (bicyclic) bond motifs is 5. The summed E-state index contributed by atoms with van der Waals surface area (Å²) in [4.78, 5) is 11.7. The molecule has 4 rings (SSSR count). The lowest BCUT2D eigenvalue weighted by Gasteiger charge is -2.61. The largest absolute Gasteiger partial charge is 0.462 e. The van der Waals surface area contributed by atoms with Crippen molar-refractivity contribution in [1.82, 2.24) is 0 Å². The highest BCUT2D eigenvalue weighted by atomic mass is 16.5. The molecule has 0 heterocycles. The van der Waals surface area contributed by atoms with Crippen molar-refractivity contribution >= 4 is 5.97 Å². The zero-order chi connectivity index (χ0) is 21.4. The van der Waals surface area contributed by atoms with Crippen molar-refractivity contribution in [3.63, 3.8) is 0 Å². The van der Waals surface area contributed by atoms with Gasteiger partial charge in [-0.15, -0.1) is 0 Å². The Kier molecular flexibility index (Phi) is 4.88. The van der Waals surface area contributed by atoms with Crippen LogP contribution < -0.4 is 0 Å². The van der Waals surface area contributed by atoms with E-state index in [-0.39, 0.29) is 22.9 Å². The number of esters is 1. The average molecular weight is 401 g/mol. The normalized spacial score (nSPS) is 46.2. The number of carbonyl (C=O) groups is 1. The van der Waals surface area contributed by atoms with Gasteiger partial charge in [-0.1, -0.05) is 60.1 Å². The first kappa shape index (κ1) is 21.4. The van der Waals surface area contributed by atoms with Crippen molar-refractivity contribution in [2.45, 2.75) is 106 Å².